The van der Waals surface area contributed by atoms with Crippen LogP contribution in [-0.4, -0.2) is 42.1 Å². The highest BCUT2D eigenvalue weighted by Gasteiger charge is 2.44. The van der Waals surface area contributed by atoms with Gasteiger partial charge in [0.05, 0.1) is 5.41 Å². The molecule has 5 nitrogen and oxygen atoms in total. The minimum absolute atomic E-state index is 0.288. The van der Waals surface area contributed by atoms with Gasteiger partial charge in [0.1, 0.15) is 0 Å². The Bertz CT molecular complexity index is 289. The molecule has 6 heteroatoms. The van der Waals surface area contributed by atoms with E-state index in [0.717, 1.165) is 45.0 Å². The number of rotatable bonds is 9. The van der Waals surface area contributed by atoms with Crippen molar-refractivity contribution in [3.63, 3.8) is 0 Å². The lowest BCUT2D eigenvalue weighted by Crippen LogP contribution is -2.35. The van der Waals surface area contributed by atoms with Gasteiger partial charge in [0.25, 0.3) is 6.92 Å². The molecular weight excluding hydrogens is 243 g/mol. The van der Waals surface area contributed by atoms with E-state index in [1.54, 1.807) is 6.82 Å². The van der Waals surface area contributed by atoms with Crippen LogP contribution in [0, 0.1) is 5.41 Å². The zero-order chi connectivity index (χ0) is 14.3. The van der Waals surface area contributed by atoms with Gasteiger partial charge in [0, 0.05) is 19.1 Å². The highest BCUT2D eigenvalue weighted by Crippen LogP contribution is 2.42. The summed E-state index contributed by atoms with van der Waals surface area (Å²) in [5, 5.41) is 22.1. The monoisotopic (exact) mass is 270 g/mol. The van der Waals surface area contributed by atoms with Crippen LogP contribution in [0.15, 0.2) is 0 Å². The van der Waals surface area contributed by atoms with Crippen molar-refractivity contribution in [3.8, 4) is 0 Å². The maximum absolute atomic E-state index is 11.6. The third-order valence-electron chi connectivity index (χ3n) is 4.17. The number of carboxylic acids is 1. The molecule has 1 saturated carbocycles. The fraction of sp³-hybridized carbons (Fsp3) is 0.923. The molecule has 1 aliphatic rings. The van der Waals surface area contributed by atoms with E-state index in [4.69, 9.17) is 5.73 Å². The Morgan fingerprint density at radius 1 is 1.53 bits per heavy atom. The predicted molar refractivity (Wildman–Crippen MR) is 77.3 cm³/mol. The number of carbonyl (C=O) groups is 1. The van der Waals surface area contributed by atoms with Gasteiger partial charge in [-0.2, -0.15) is 0 Å². The minimum atomic E-state index is -0.665. The van der Waals surface area contributed by atoms with E-state index in [1.807, 2.05) is 0 Å². The first kappa shape index (κ1) is 16.5. The van der Waals surface area contributed by atoms with Crippen molar-refractivity contribution in [2.75, 3.05) is 13.1 Å². The lowest BCUT2D eigenvalue weighted by Gasteiger charge is -2.24. The molecule has 0 radical (unpaired) electrons. The first-order valence-corrected chi connectivity index (χ1v) is 7.35. The molecule has 5 N–H and O–H groups in total. The van der Waals surface area contributed by atoms with Crippen LogP contribution in [0.25, 0.3) is 0 Å². The third-order valence-corrected chi connectivity index (χ3v) is 4.17. The topological polar surface area (TPSA) is 95.6 Å². The summed E-state index contributed by atoms with van der Waals surface area (Å²) in [4.78, 5) is 11.6. The number of nitrogens with two attached hydrogens (primary N) is 1. The normalized spacial score (nSPS) is 26.6. The average molecular weight is 270 g/mol. The van der Waals surface area contributed by atoms with Crippen molar-refractivity contribution < 1.29 is 14.9 Å². The first-order chi connectivity index (χ1) is 9.00. The molecule has 0 spiro atoms. The van der Waals surface area contributed by atoms with Crippen LogP contribution in [0.1, 0.15) is 38.5 Å². The van der Waals surface area contributed by atoms with Gasteiger partial charge < -0.3 is 21.2 Å². The number of hydrogen-bond acceptors (Lipinski definition) is 4. The van der Waals surface area contributed by atoms with Gasteiger partial charge in [0.15, 0.2) is 0 Å². The second-order valence-electron chi connectivity index (χ2n) is 5.86. The standard InChI is InChI=1S/C13H27BN2O3/c1-14(19)7-3-2-5-13(12(17)18)6-4-11(10-13)16-9-8-15/h11,16,19H,2-10,15H2,1H3,(H,17,18)/t11-,13+/m0/s1. The van der Waals surface area contributed by atoms with E-state index in [9.17, 15) is 14.9 Å². The molecule has 1 fully saturated rings. The molecule has 110 valence electrons. The number of unbranched alkanes of at least 4 members (excludes halogenated alkanes) is 1. The molecule has 19 heavy (non-hydrogen) atoms. The largest absolute Gasteiger partial charge is 0.481 e. The number of aliphatic carboxylic acids is 1. The van der Waals surface area contributed by atoms with Gasteiger partial charge in [-0.15, -0.1) is 0 Å². The Kier molecular flexibility index (Phi) is 6.82. The lowest BCUT2D eigenvalue weighted by atomic mass is 9.66. The van der Waals surface area contributed by atoms with Gasteiger partial charge in [-0.3, -0.25) is 4.79 Å². The van der Waals surface area contributed by atoms with Crippen LogP contribution in [0.2, 0.25) is 13.1 Å². The molecule has 0 bridgehead atoms. The van der Waals surface area contributed by atoms with Gasteiger partial charge >= 0.3 is 5.97 Å². The fourth-order valence-electron chi connectivity index (χ4n) is 3.02. The van der Waals surface area contributed by atoms with Gasteiger partial charge in [-0.25, -0.2) is 0 Å². The van der Waals surface area contributed by atoms with Crippen LogP contribution < -0.4 is 11.1 Å². The highest BCUT2D eigenvalue weighted by atomic mass is 16.4. The Morgan fingerprint density at radius 3 is 2.84 bits per heavy atom. The van der Waals surface area contributed by atoms with E-state index in [2.05, 4.69) is 5.32 Å². The Hall–Kier alpha value is -0.585. The molecule has 0 aromatic carbocycles. The van der Waals surface area contributed by atoms with E-state index in [1.165, 1.54) is 0 Å². The third kappa shape index (κ3) is 5.13. The molecule has 0 heterocycles. The number of hydrogen-bond donors (Lipinski definition) is 4. The molecule has 0 aromatic heterocycles. The Morgan fingerprint density at radius 2 is 2.26 bits per heavy atom. The van der Waals surface area contributed by atoms with Gasteiger partial charge in [-0.05, 0) is 32.0 Å². The molecule has 2 atom stereocenters. The smallest absolute Gasteiger partial charge is 0.309 e. The maximum atomic E-state index is 11.6. The zero-order valence-corrected chi connectivity index (χ0v) is 11.9. The Balaban J connectivity index is 2.41. The molecule has 0 aromatic rings. The summed E-state index contributed by atoms with van der Waals surface area (Å²) in [5.41, 5.74) is 4.89. The quantitative estimate of drug-likeness (QED) is 0.369. The van der Waals surface area contributed by atoms with Crippen LogP contribution in [0.4, 0.5) is 0 Å². The summed E-state index contributed by atoms with van der Waals surface area (Å²) in [6.07, 6.45) is 5.62. The minimum Gasteiger partial charge on any atom is -0.481 e. The van der Waals surface area contributed by atoms with E-state index in [0.29, 0.717) is 13.0 Å². The SMILES string of the molecule is CB(O)CCCC[C@@]1(C(=O)O)CC[C@H](NCCN)C1. The van der Waals surface area contributed by atoms with E-state index < -0.39 is 11.4 Å². The van der Waals surface area contributed by atoms with Crippen molar-refractivity contribution in [2.45, 2.75) is 57.7 Å². The molecule has 0 aliphatic heterocycles. The molecule has 1 rings (SSSR count). The van der Waals surface area contributed by atoms with Crippen molar-refractivity contribution in [1.82, 2.24) is 5.32 Å². The van der Waals surface area contributed by atoms with Crippen molar-refractivity contribution in [2.24, 2.45) is 11.1 Å². The van der Waals surface area contributed by atoms with Gasteiger partial charge in [-0.1, -0.05) is 19.7 Å². The summed E-state index contributed by atoms with van der Waals surface area (Å²) in [7, 11) is 0. The summed E-state index contributed by atoms with van der Waals surface area (Å²) in [5.74, 6) is -0.665. The Labute approximate surface area is 116 Å². The lowest BCUT2D eigenvalue weighted by molar-refractivity contribution is -0.149. The summed E-state index contributed by atoms with van der Waals surface area (Å²) in [6, 6.07) is 0.288. The fourth-order valence-corrected chi connectivity index (χ4v) is 3.02. The molecule has 1 aliphatic carbocycles. The van der Waals surface area contributed by atoms with E-state index in [-0.39, 0.29) is 13.0 Å². The van der Waals surface area contributed by atoms with Crippen molar-refractivity contribution in [1.29, 1.82) is 0 Å². The summed E-state index contributed by atoms with van der Waals surface area (Å²) in [6.45, 7) is 2.83. The molecule has 0 saturated heterocycles. The summed E-state index contributed by atoms with van der Waals surface area (Å²) >= 11 is 0. The first-order valence-electron chi connectivity index (χ1n) is 7.35. The predicted octanol–water partition coefficient (Wildman–Crippen LogP) is 0.942. The number of carboxylic acid groups (broad SMARTS) is 1. The second kappa shape index (κ2) is 7.87. The van der Waals surface area contributed by atoms with Crippen LogP contribution >= 0.6 is 0 Å². The number of nitrogens with one attached hydrogen (secondary N) is 1. The van der Waals surface area contributed by atoms with Crippen LogP contribution in [0.5, 0.6) is 0 Å². The maximum Gasteiger partial charge on any atom is 0.309 e. The van der Waals surface area contributed by atoms with Crippen molar-refractivity contribution >= 4 is 12.9 Å². The molecular formula is C13H27BN2O3. The van der Waals surface area contributed by atoms with E-state index >= 15 is 0 Å². The van der Waals surface area contributed by atoms with Crippen LogP contribution in [0.3, 0.4) is 0 Å². The van der Waals surface area contributed by atoms with Gasteiger partial charge in [0.2, 0.25) is 0 Å². The highest BCUT2D eigenvalue weighted by molar-refractivity contribution is 6.48. The second-order valence-corrected chi connectivity index (χ2v) is 5.86. The summed E-state index contributed by atoms with van der Waals surface area (Å²) < 4.78 is 0. The average Bonchev–Trinajstić information content (AvgIpc) is 2.77. The van der Waals surface area contributed by atoms with Crippen molar-refractivity contribution in [3.05, 3.63) is 0 Å². The zero-order valence-electron chi connectivity index (χ0n) is 11.9. The molecule has 0 amide bonds. The molecule has 0 unspecified atom stereocenters. The van der Waals surface area contributed by atoms with Crippen LogP contribution in [-0.2, 0) is 4.79 Å².